The summed E-state index contributed by atoms with van der Waals surface area (Å²) < 4.78 is 17.3. The smallest absolute Gasteiger partial charge is 0.371 e. The van der Waals surface area contributed by atoms with E-state index in [4.69, 9.17) is 9.52 Å². The molecular weight excluding hydrogens is 240 g/mol. The lowest BCUT2D eigenvalue weighted by molar-refractivity contribution is 0.0656. The van der Waals surface area contributed by atoms with Gasteiger partial charge in [-0.3, -0.25) is 4.21 Å². The molecule has 0 spiro atoms. The van der Waals surface area contributed by atoms with Crippen molar-refractivity contribution in [3.63, 3.8) is 0 Å². The number of hydrogen-bond acceptors (Lipinski definition) is 3. The van der Waals surface area contributed by atoms with Gasteiger partial charge in [0.25, 0.3) is 0 Å². The van der Waals surface area contributed by atoms with Crippen LogP contribution >= 0.6 is 0 Å². The minimum atomic E-state index is -1.21. The Morgan fingerprint density at radius 2 is 2.00 bits per heavy atom. The fourth-order valence-corrected chi connectivity index (χ4v) is 3.55. The Kier molecular flexibility index (Phi) is 3.66. The van der Waals surface area contributed by atoms with Crippen LogP contribution in [0.5, 0.6) is 0 Å². The third kappa shape index (κ3) is 2.77. The van der Waals surface area contributed by atoms with Crippen LogP contribution in [0, 0.1) is 5.92 Å². The van der Waals surface area contributed by atoms with Gasteiger partial charge in [-0.05, 0) is 43.7 Å². The maximum absolute atomic E-state index is 12.2. The number of aromatic carboxylic acids is 1. The van der Waals surface area contributed by atoms with Crippen LogP contribution in [0.3, 0.4) is 0 Å². The topological polar surface area (TPSA) is 67.5 Å². The number of carboxylic acids is 1. The average molecular weight is 256 g/mol. The second-order valence-electron chi connectivity index (χ2n) is 4.60. The second-order valence-corrected chi connectivity index (χ2v) is 6.27. The van der Waals surface area contributed by atoms with Crippen molar-refractivity contribution in [2.75, 3.05) is 0 Å². The van der Waals surface area contributed by atoms with Gasteiger partial charge in [0.05, 0.1) is 10.8 Å². The summed E-state index contributed by atoms with van der Waals surface area (Å²) in [5.74, 6) is -0.558. The molecule has 1 atom stereocenters. The number of rotatable bonds is 3. The van der Waals surface area contributed by atoms with Crippen LogP contribution in [0.2, 0.25) is 0 Å². The molecule has 1 N–H and O–H groups in total. The second kappa shape index (κ2) is 5.04. The minimum Gasteiger partial charge on any atom is -0.475 e. The molecule has 0 saturated heterocycles. The van der Waals surface area contributed by atoms with Gasteiger partial charge in [0.2, 0.25) is 5.76 Å². The summed E-state index contributed by atoms with van der Waals surface area (Å²) in [7, 11) is -1.21. The SMILES string of the molecule is CC1CCC(S(=O)c2ccc(C(=O)O)o2)CC1. The number of furan rings is 1. The molecule has 4 nitrogen and oxygen atoms in total. The molecule has 5 heteroatoms. The largest absolute Gasteiger partial charge is 0.475 e. The van der Waals surface area contributed by atoms with E-state index in [9.17, 15) is 9.00 Å². The zero-order chi connectivity index (χ0) is 12.4. The van der Waals surface area contributed by atoms with Crippen LogP contribution in [0.4, 0.5) is 0 Å². The first-order valence-electron chi connectivity index (χ1n) is 5.81. The van der Waals surface area contributed by atoms with Gasteiger partial charge in [0.1, 0.15) is 0 Å². The molecule has 1 aromatic heterocycles. The predicted octanol–water partition coefficient (Wildman–Crippen LogP) is 2.66. The summed E-state index contributed by atoms with van der Waals surface area (Å²) in [4.78, 5) is 10.7. The molecule has 1 heterocycles. The normalized spacial score (nSPS) is 26.6. The Bertz CT molecular complexity index is 429. The lowest BCUT2D eigenvalue weighted by atomic mass is 9.91. The molecular formula is C12H16O4S. The Labute approximate surface area is 102 Å². The highest BCUT2D eigenvalue weighted by Gasteiger charge is 2.26. The molecule has 0 aromatic carbocycles. The number of carbonyl (C=O) groups is 1. The zero-order valence-corrected chi connectivity index (χ0v) is 10.5. The maximum Gasteiger partial charge on any atom is 0.371 e. The van der Waals surface area contributed by atoms with Gasteiger partial charge in [-0.15, -0.1) is 0 Å². The van der Waals surface area contributed by atoms with E-state index in [1.807, 2.05) is 0 Å². The van der Waals surface area contributed by atoms with E-state index < -0.39 is 16.8 Å². The highest BCUT2D eigenvalue weighted by Crippen LogP contribution is 2.29. The monoisotopic (exact) mass is 256 g/mol. The molecule has 1 aromatic rings. The molecule has 94 valence electrons. The van der Waals surface area contributed by atoms with Crippen LogP contribution in [-0.4, -0.2) is 20.5 Å². The van der Waals surface area contributed by atoms with E-state index in [0.29, 0.717) is 11.0 Å². The first-order valence-corrected chi connectivity index (χ1v) is 7.03. The highest BCUT2D eigenvalue weighted by molar-refractivity contribution is 7.85. The fourth-order valence-electron chi connectivity index (χ4n) is 2.15. The van der Waals surface area contributed by atoms with Crippen molar-refractivity contribution in [1.29, 1.82) is 0 Å². The number of carboxylic acid groups (broad SMARTS) is 1. The Hall–Kier alpha value is -1.10. The van der Waals surface area contributed by atoms with Crippen molar-refractivity contribution in [3.8, 4) is 0 Å². The summed E-state index contributed by atoms with van der Waals surface area (Å²) in [6, 6.07) is 2.87. The molecule has 17 heavy (non-hydrogen) atoms. The lowest BCUT2D eigenvalue weighted by Gasteiger charge is -2.24. The standard InChI is InChI=1S/C12H16O4S/c1-8-2-4-9(5-3-8)17(15)11-7-6-10(16-11)12(13)14/h6-9H,2-5H2,1H3,(H,13,14). The molecule has 1 aliphatic carbocycles. The summed E-state index contributed by atoms with van der Waals surface area (Å²) in [6.45, 7) is 2.20. The Morgan fingerprint density at radius 3 is 2.53 bits per heavy atom. The molecule has 0 bridgehead atoms. The third-order valence-electron chi connectivity index (χ3n) is 3.26. The van der Waals surface area contributed by atoms with E-state index in [0.717, 1.165) is 25.7 Å². The maximum atomic E-state index is 12.2. The minimum absolute atomic E-state index is 0.110. The van der Waals surface area contributed by atoms with Gasteiger partial charge in [-0.1, -0.05) is 6.92 Å². The van der Waals surface area contributed by atoms with E-state index >= 15 is 0 Å². The zero-order valence-electron chi connectivity index (χ0n) is 9.72. The first-order chi connectivity index (χ1) is 8.08. The average Bonchev–Trinajstić information content (AvgIpc) is 2.78. The molecule has 1 saturated carbocycles. The third-order valence-corrected chi connectivity index (χ3v) is 4.95. The molecule has 0 radical (unpaired) electrons. The van der Waals surface area contributed by atoms with Crippen molar-refractivity contribution in [2.24, 2.45) is 5.92 Å². The van der Waals surface area contributed by atoms with E-state index in [2.05, 4.69) is 6.92 Å². The van der Waals surface area contributed by atoms with Crippen molar-refractivity contribution in [2.45, 2.75) is 42.9 Å². The summed E-state index contributed by atoms with van der Waals surface area (Å²) in [5, 5.41) is 9.14. The van der Waals surface area contributed by atoms with Gasteiger partial charge in [0, 0.05) is 5.25 Å². The van der Waals surface area contributed by atoms with Gasteiger partial charge in [-0.25, -0.2) is 4.79 Å². The van der Waals surface area contributed by atoms with Gasteiger partial charge in [-0.2, -0.15) is 0 Å². The van der Waals surface area contributed by atoms with Crippen LogP contribution < -0.4 is 0 Å². The van der Waals surface area contributed by atoms with Crippen LogP contribution in [0.25, 0.3) is 0 Å². The van der Waals surface area contributed by atoms with Crippen molar-refractivity contribution in [1.82, 2.24) is 0 Å². The lowest BCUT2D eigenvalue weighted by Crippen LogP contribution is -2.21. The fraction of sp³-hybridized carbons (Fsp3) is 0.583. The van der Waals surface area contributed by atoms with Gasteiger partial charge < -0.3 is 9.52 Å². The van der Waals surface area contributed by atoms with E-state index in [-0.39, 0.29) is 11.0 Å². The first kappa shape index (κ1) is 12.4. The summed E-state index contributed by atoms with van der Waals surface area (Å²) in [5.41, 5.74) is 0. The molecule has 1 fully saturated rings. The summed E-state index contributed by atoms with van der Waals surface area (Å²) in [6.07, 6.45) is 4.03. The predicted molar refractivity (Wildman–Crippen MR) is 63.5 cm³/mol. The van der Waals surface area contributed by atoms with Gasteiger partial charge >= 0.3 is 5.97 Å². The van der Waals surface area contributed by atoms with Gasteiger partial charge in [0.15, 0.2) is 5.09 Å². The molecule has 2 rings (SSSR count). The molecule has 1 unspecified atom stereocenters. The van der Waals surface area contributed by atoms with Crippen LogP contribution in [0.15, 0.2) is 21.6 Å². The van der Waals surface area contributed by atoms with Crippen molar-refractivity contribution < 1.29 is 18.5 Å². The molecule has 1 aliphatic rings. The quantitative estimate of drug-likeness (QED) is 0.902. The molecule has 0 aliphatic heterocycles. The number of hydrogen-bond donors (Lipinski definition) is 1. The van der Waals surface area contributed by atoms with Crippen molar-refractivity contribution >= 4 is 16.8 Å². The van der Waals surface area contributed by atoms with Crippen LogP contribution in [-0.2, 0) is 10.8 Å². The van der Waals surface area contributed by atoms with Crippen molar-refractivity contribution in [3.05, 3.63) is 17.9 Å². The molecule has 0 amide bonds. The van der Waals surface area contributed by atoms with Crippen LogP contribution in [0.1, 0.15) is 43.2 Å². The summed E-state index contributed by atoms with van der Waals surface area (Å²) >= 11 is 0. The van der Waals surface area contributed by atoms with E-state index in [1.165, 1.54) is 12.1 Å². The highest BCUT2D eigenvalue weighted by atomic mass is 32.2. The Balaban J connectivity index is 2.06. The Morgan fingerprint density at radius 1 is 1.35 bits per heavy atom. The van der Waals surface area contributed by atoms with E-state index in [1.54, 1.807) is 0 Å².